The SMILES string of the molecule is CC(Oc1cccc(C(C)C)c1)C(=O)NCCC1CCCNC1. The van der Waals surface area contributed by atoms with Crippen molar-refractivity contribution in [2.24, 2.45) is 5.92 Å². The van der Waals surface area contributed by atoms with Crippen LogP contribution in [0.3, 0.4) is 0 Å². The van der Waals surface area contributed by atoms with E-state index < -0.39 is 6.10 Å². The van der Waals surface area contributed by atoms with Gasteiger partial charge in [-0.1, -0.05) is 26.0 Å². The maximum absolute atomic E-state index is 12.2. The van der Waals surface area contributed by atoms with Gasteiger partial charge in [-0.05, 0) is 68.8 Å². The molecule has 2 atom stereocenters. The van der Waals surface area contributed by atoms with Crippen LogP contribution in [0.4, 0.5) is 0 Å². The summed E-state index contributed by atoms with van der Waals surface area (Å²) in [5.41, 5.74) is 1.22. The number of carbonyl (C=O) groups excluding carboxylic acids is 1. The molecular weight excluding hydrogens is 288 g/mol. The molecule has 1 aromatic rings. The first-order valence-corrected chi connectivity index (χ1v) is 8.81. The second-order valence-corrected chi connectivity index (χ2v) is 6.78. The van der Waals surface area contributed by atoms with E-state index in [-0.39, 0.29) is 5.91 Å². The summed E-state index contributed by atoms with van der Waals surface area (Å²) in [6, 6.07) is 7.98. The fraction of sp³-hybridized carbons (Fsp3) is 0.632. The van der Waals surface area contributed by atoms with E-state index in [0.29, 0.717) is 11.8 Å². The molecule has 0 radical (unpaired) electrons. The zero-order valence-electron chi connectivity index (χ0n) is 14.6. The Morgan fingerprint density at radius 2 is 2.22 bits per heavy atom. The lowest BCUT2D eigenvalue weighted by atomic mass is 9.96. The third-order valence-corrected chi connectivity index (χ3v) is 4.46. The van der Waals surface area contributed by atoms with Gasteiger partial charge < -0.3 is 15.4 Å². The Kier molecular flexibility index (Phi) is 6.90. The Morgan fingerprint density at radius 3 is 2.91 bits per heavy atom. The Labute approximate surface area is 140 Å². The van der Waals surface area contributed by atoms with Crippen LogP contribution in [0.15, 0.2) is 24.3 Å². The van der Waals surface area contributed by atoms with E-state index in [1.54, 1.807) is 6.92 Å². The van der Waals surface area contributed by atoms with Crippen molar-refractivity contribution in [3.05, 3.63) is 29.8 Å². The van der Waals surface area contributed by atoms with Crippen molar-refractivity contribution in [2.75, 3.05) is 19.6 Å². The van der Waals surface area contributed by atoms with Crippen molar-refractivity contribution < 1.29 is 9.53 Å². The molecular formula is C19H30N2O2. The molecule has 0 saturated carbocycles. The molecule has 1 aromatic carbocycles. The summed E-state index contributed by atoms with van der Waals surface area (Å²) in [6.07, 6.45) is 3.07. The molecule has 1 saturated heterocycles. The normalized spacial score (nSPS) is 19.4. The third kappa shape index (κ3) is 5.87. The lowest BCUT2D eigenvalue weighted by Crippen LogP contribution is -2.38. The number of hydrogen-bond donors (Lipinski definition) is 2. The fourth-order valence-electron chi connectivity index (χ4n) is 2.92. The summed E-state index contributed by atoms with van der Waals surface area (Å²) in [7, 11) is 0. The number of hydrogen-bond acceptors (Lipinski definition) is 3. The number of amides is 1. The van der Waals surface area contributed by atoms with Gasteiger partial charge in [0.2, 0.25) is 0 Å². The summed E-state index contributed by atoms with van der Waals surface area (Å²) in [6.45, 7) is 9.03. The molecule has 1 fully saturated rings. The Morgan fingerprint density at radius 1 is 1.39 bits per heavy atom. The smallest absolute Gasteiger partial charge is 0.260 e. The lowest BCUT2D eigenvalue weighted by Gasteiger charge is -2.23. The molecule has 2 unspecified atom stereocenters. The number of nitrogens with one attached hydrogen (secondary N) is 2. The van der Waals surface area contributed by atoms with Crippen LogP contribution in [0.5, 0.6) is 5.75 Å². The van der Waals surface area contributed by atoms with Crippen LogP contribution in [-0.4, -0.2) is 31.6 Å². The molecule has 2 N–H and O–H groups in total. The Balaban J connectivity index is 1.74. The average Bonchev–Trinajstić information content (AvgIpc) is 2.56. The average molecular weight is 318 g/mol. The number of rotatable bonds is 7. The molecule has 128 valence electrons. The minimum Gasteiger partial charge on any atom is -0.481 e. The maximum atomic E-state index is 12.2. The van der Waals surface area contributed by atoms with Crippen molar-refractivity contribution in [2.45, 2.75) is 52.1 Å². The highest BCUT2D eigenvalue weighted by molar-refractivity contribution is 5.80. The number of piperidine rings is 1. The van der Waals surface area contributed by atoms with Gasteiger partial charge in [0.25, 0.3) is 5.91 Å². The van der Waals surface area contributed by atoms with Gasteiger partial charge in [0.05, 0.1) is 0 Å². The van der Waals surface area contributed by atoms with Gasteiger partial charge in [-0.3, -0.25) is 4.79 Å². The highest BCUT2D eigenvalue weighted by Crippen LogP contribution is 2.21. The second-order valence-electron chi connectivity index (χ2n) is 6.78. The molecule has 1 aliphatic rings. The van der Waals surface area contributed by atoms with Gasteiger partial charge >= 0.3 is 0 Å². The van der Waals surface area contributed by atoms with Crippen molar-refractivity contribution in [1.82, 2.24) is 10.6 Å². The topological polar surface area (TPSA) is 50.4 Å². The standard InChI is InChI=1S/C19H30N2O2/c1-14(2)17-7-4-8-18(12-17)23-15(3)19(22)21-11-9-16-6-5-10-20-13-16/h4,7-8,12,14-16,20H,5-6,9-11,13H2,1-3H3,(H,21,22). The number of carbonyl (C=O) groups is 1. The maximum Gasteiger partial charge on any atom is 0.260 e. The molecule has 1 aliphatic heterocycles. The van der Waals surface area contributed by atoms with Gasteiger partial charge in [0.1, 0.15) is 5.75 Å². The van der Waals surface area contributed by atoms with Crippen LogP contribution in [-0.2, 0) is 4.79 Å². The van der Waals surface area contributed by atoms with Crippen molar-refractivity contribution in [3.8, 4) is 5.75 Å². The van der Waals surface area contributed by atoms with Crippen LogP contribution in [0.25, 0.3) is 0 Å². The largest absolute Gasteiger partial charge is 0.481 e. The summed E-state index contributed by atoms with van der Waals surface area (Å²) >= 11 is 0. The summed E-state index contributed by atoms with van der Waals surface area (Å²) < 4.78 is 5.79. The quantitative estimate of drug-likeness (QED) is 0.812. The van der Waals surface area contributed by atoms with E-state index in [2.05, 4.69) is 30.5 Å². The number of ether oxygens (including phenoxy) is 1. The van der Waals surface area contributed by atoms with Crippen molar-refractivity contribution >= 4 is 5.91 Å². The monoisotopic (exact) mass is 318 g/mol. The van der Waals surface area contributed by atoms with Gasteiger partial charge in [-0.15, -0.1) is 0 Å². The zero-order valence-corrected chi connectivity index (χ0v) is 14.6. The Bertz CT molecular complexity index is 496. The van der Waals surface area contributed by atoms with Crippen molar-refractivity contribution in [1.29, 1.82) is 0 Å². The van der Waals surface area contributed by atoms with Crippen LogP contribution < -0.4 is 15.4 Å². The highest BCUT2D eigenvalue weighted by Gasteiger charge is 2.17. The molecule has 0 aromatic heterocycles. The molecule has 0 bridgehead atoms. The minimum atomic E-state index is -0.470. The minimum absolute atomic E-state index is 0.0382. The van der Waals surface area contributed by atoms with Crippen LogP contribution in [0.2, 0.25) is 0 Å². The molecule has 1 amide bonds. The van der Waals surface area contributed by atoms with Crippen LogP contribution in [0.1, 0.15) is 51.5 Å². The van der Waals surface area contributed by atoms with E-state index in [4.69, 9.17) is 4.74 Å². The first-order chi connectivity index (χ1) is 11.1. The number of benzene rings is 1. The molecule has 4 nitrogen and oxygen atoms in total. The van der Waals surface area contributed by atoms with Gasteiger partial charge in [0.15, 0.2) is 6.10 Å². The summed E-state index contributed by atoms with van der Waals surface area (Å²) in [5, 5.41) is 6.40. The lowest BCUT2D eigenvalue weighted by molar-refractivity contribution is -0.127. The molecule has 1 heterocycles. The molecule has 23 heavy (non-hydrogen) atoms. The first kappa shape index (κ1) is 17.8. The Hall–Kier alpha value is -1.55. The second kappa shape index (κ2) is 8.92. The molecule has 0 aliphatic carbocycles. The van der Waals surface area contributed by atoms with E-state index >= 15 is 0 Å². The van der Waals surface area contributed by atoms with Gasteiger partial charge in [-0.2, -0.15) is 0 Å². The van der Waals surface area contributed by atoms with Crippen LogP contribution in [0, 0.1) is 5.92 Å². The van der Waals surface area contributed by atoms with E-state index in [9.17, 15) is 4.79 Å². The van der Waals surface area contributed by atoms with E-state index in [1.165, 1.54) is 18.4 Å². The fourth-order valence-corrected chi connectivity index (χ4v) is 2.92. The molecule has 2 rings (SSSR count). The van der Waals surface area contributed by atoms with E-state index in [1.807, 2.05) is 18.2 Å². The summed E-state index contributed by atoms with van der Waals surface area (Å²) in [5.74, 6) is 1.86. The molecule has 4 heteroatoms. The van der Waals surface area contributed by atoms with E-state index in [0.717, 1.165) is 31.8 Å². The first-order valence-electron chi connectivity index (χ1n) is 8.81. The summed E-state index contributed by atoms with van der Waals surface area (Å²) in [4.78, 5) is 12.2. The van der Waals surface area contributed by atoms with Gasteiger partial charge in [-0.25, -0.2) is 0 Å². The third-order valence-electron chi connectivity index (χ3n) is 4.46. The van der Waals surface area contributed by atoms with Crippen molar-refractivity contribution in [3.63, 3.8) is 0 Å². The highest BCUT2D eigenvalue weighted by atomic mass is 16.5. The van der Waals surface area contributed by atoms with Gasteiger partial charge in [0, 0.05) is 6.54 Å². The zero-order chi connectivity index (χ0) is 16.7. The predicted octanol–water partition coefficient (Wildman–Crippen LogP) is 3.08. The predicted molar refractivity (Wildman–Crippen MR) is 93.8 cm³/mol. The van der Waals surface area contributed by atoms with Crippen LogP contribution >= 0.6 is 0 Å². The molecule has 0 spiro atoms.